The first-order valence-electron chi connectivity index (χ1n) is 17.1. The maximum atomic E-state index is 14.2. The van der Waals surface area contributed by atoms with Gasteiger partial charge in [0.05, 0.1) is 31.9 Å². The smallest absolute Gasteiger partial charge is 0.435 e. The number of hydrogen-bond donors (Lipinski definition) is 0. The van der Waals surface area contributed by atoms with Crippen molar-refractivity contribution in [2.45, 2.75) is 103 Å². The molecule has 0 radical (unpaired) electrons. The van der Waals surface area contributed by atoms with E-state index in [1.54, 1.807) is 20.8 Å². The summed E-state index contributed by atoms with van der Waals surface area (Å²) < 4.78 is 18.1. The summed E-state index contributed by atoms with van der Waals surface area (Å²) in [4.78, 5) is 34.8. The van der Waals surface area contributed by atoms with Crippen molar-refractivity contribution in [2.75, 3.05) is 26.4 Å². The van der Waals surface area contributed by atoms with Crippen molar-refractivity contribution >= 4 is 20.5 Å². The number of fused-ring (bicyclic) bond motifs is 3. The highest BCUT2D eigenvalue weighted by Crippen LogP contribution is 2.44. The molecule has 9 nitrogen and oxygen atoms in total. The average Bonchev–Trinajstić information content (AvgIpc) is 3.35. The summed E-state index contributed by atoms with van der Waals surface area (Å²) in [5.74, 6) is -0.185. The van der Waals surface area contributed by atoms with Crippen LogP contribution in [-0.4, -0.2) is 74.5 Å². The Morgan fingerprint density at radius 1 is 1.00 bits per heavy atom. The highest BCUT2D eigenvalue weighted by Gasteiger charge is 2.39. The van der Waals surface area contributed by atoms with Crippen LogP contribution in [0.25, 0.3) is 11.1 Å². The summed E-state index contributed by atoms with van der Waals surface area (Å²) >= 11 is 0. The third-order valence-electron chi connectivity index (χ3n) is 9.07. The summed E-state index contributed by atoms with van der Waals surface area (Å²) in [6.07, 6.45) is 1.59. The number of unbranched alkanes of at least 4 members (excludes halogenated alkanes) is 1. The van der Waals surface area contributed by atoms with E-state index >= 15 is 0 Å². The van der Waals surface area contributed by atoms with Gasteiger partial charge in [-0.15, -0.1) is 6.58 Å². The number of rotatable bonds is 15. The fraction of sp³-hybridized carbons (Fsp3) is 0.513. The van der Waals surface area contributed by atoms with Gasteiger partial charge in [0.25, 0.3) is 0 Å². The zero-order valence-electron chi connectivity index (χ0n) is 30.9. The molecule has 49 heavy (non-hydrogen) atoms. The van der Waals surface area contributed by atoms with E-state index in [1.165, 1.54) is 11.0 Å². The van der Waals surface area contributed by atoms with Crippen molar-refractivity contribution in [3.05, 3.63) is 84.5 Å². The van der Waals surface area contributed by atoms with Crippen molar-refractivity contribution in [3.63, 3.8) is 0 Å². The van der Waals surface area contributed by atoms with Crippen LogP contribution in [0.5, 0.6) is 0 Å². The minimum absolute atomic E-state index is 0.0516. The van der Waals surface area contributed by atoms with Gasteiger partial charge in [-0.25, -0.2) is 9.59 Å². The molecule has 1 unspecified atom stereocenters. The summed E-state index contributed by atoms with van der Waals surface area (Å²) in [6.45, 7) is 26.3. The molecular weight excluding hydrogens is 635 g/mol. The van der Waals surface area contributed by atoms with Gasteiger partial charge in [0, 0.05) is 5.92 Å². The Morgan fingerprint density at radius 2 is 1.57 bits per heavy atom. The number of nitriles is 1. The maximum absolute atomic E-state index is 14.2. The normalized spacial score (nSPS) is 14.1. The lowest BCUT2D eigenvalue weighted by molar-refractivity contribution is -0.165. The van der Waals surface area contributed by atoms with Gasteiger partial charge < -0.3 is 13.9 Å². The number of amides is 2. The van der Waals surface area contributed by atoms with Gasteiger partial charge in [0.1, 0.15) is 18.2 Å². The summed E-state index contributed by atoms with van der Waals surface area (Å²) in [6, 6.07) is 16.4. The molecule has 2 aromatic carbocycles. The van der Waals surface area contributed by atoms with Gasteiger partial charge in [-0.05, 0) is 73.2 Å². The van der Waals surface area contributed by atoms with E-state index < -0.39 is 38.2 Å². The molecule has 0 aromatic heterocycles. The number of ether oxygens (including phenoxy) is 2. The minimum atomic E-state index is -2.21. The summed E-state index contributed by atoms with van der Waals surface area (Å²) in [5, 5.41) is 11.6. The van der Waals surface area contributed by atoms with Crippen LogP contribution < -0.4 is 0 Å². The maximum Gasteiger partial charge on any atom is 0.435 e. The molecule has 0 fully saturated rings. The Kier molecular flexibility index (Phi) is 13.4. The molecule has 0 spiro atoms. The van der Waals surface area contributed by atoms with E-state index in [0.29, 0.717) is 12.0 Å². The predicted octanol–water partition coefficient (Wildman–Crippen LogP) is 9.23. The van der Waals surface area contributed by atoms with E-state index in [9.17, 15) is 14.9 Å². The molecule has 2 amide bonds. The lowest BCUT2D eigenvalue weighted by Crippen LogP contribution is -2.52. The number of carbonyl (C=O) groups excluding carboxylic acids is 2. The zero-order valence-corrected chi connectivity index (χ0v) is 31.9. The van der Waals surface area contributed by atoms with Crippen LogP contribution in [0.3, 0.4) is 0 Å². The first-order valence-corrected chi connectivity index (χ1v) is 20.0. The Balaban J connectivity index is 1.96. The van der Waals surface area contributed by atoms with Crippen molar-refractivity contribution < 1.29 is 28.3 Å². The second-order valence-electron chi connectivity index (χ2n) is 15.0. The van der Waals surface area contributed by atoms with Gasteiger partial charge in [0.2, 0.25) is 0 Å². The summed E-state index contributed by atoms with van der Waals surface area (Å²) in [5.41, 5.74) is 3.94. The van der Waals surface area contributed by atoms with E-state index in [0.717, 1.165) is 33.7 Å². The fourth-order valence-corrected chi connectivity index (χ4v) is 6.24. The number of nitrogens with zero attached hydrogens (tertiary/aromatic N) is 3. The van der Waals surface area contributed by atoms with E-state index in [2.05, 4.69) is 65.2 Å². The second-order valence-corrected chi connectivity index (χ2v) is 19.8. The number of hydrogen-bond acceptors (Lipinski definition) is 7. The quantitative estimate of drug-likeness (QED) is 0.0795. The molecular formula is C39H55N3O6Si. The van der Waals surface area contributed by atoms with E-state index in [-0.39, 0.29) is 37.3 Å². The Hall–Kier alpha value is -3.91. The fourth-order valence-electron chi connectivity index (χ4n) is 5.26. The molecule has 1 aliphatic rings. The lowest BCUT2D eigenvalue weighted by Gasteiger charge is -2.38. The van der Waals surface area contributed by atoms with Gasteiger partial charge in [-0.1, -0.05) is 95.3 Å². The molecule has 2 aromatic rings. The third-order valence-corrected chi connectivity index (χ3v) is 13.6. The Morgan fingerprint density at radius 3 is 2.06 bits per heavy atom. The van der Waals surface area contributed by atoms with Crippen molar-refractivity contribution in [1.29, 1.82) is 5.26 Å². The number of benzene rings is 2. The van der Waals surface area contributed by atoms with Crippen LogP contribution in [0.2, 0.25) is 18.1 Å². The first kappa shape index (κ1) is 39.5. The standard InChI is InChI=1S/C39H55N3O6Si/c1-12-14-23-46-42(37(44)48-38(4,5)6)29(13-2)25-41(35(24-40)28(3)26-47-49(10,11)39(7,8)9)36(43)45-27-34-32-21-17-15-19-30(32)31-20-16-18-22-33(31)34/h13,15-22,29,34-35H,2-3,12,14,23,25-27H2,1,4-11H3/t29-,35?/m1/s1. The van der Waals surface area contributed by atoms with Crippen LogP contribution in [-0.2, 0) is 18.7 Å². The molecule has 0 bridgehead atoms. The molecule has 266 valence electrons. The molecule has 0 saturated heterocycles. The zero-order chi connectivity index (χ0) is 36.6. The average molecular weight is 690 g/mol. The molecule has 10 heteroatoms. The molecule has 0 heterocycles. The van der Waals surface area contributed by atoms with Crippen LogP contribution in [0, 0.1) is 11.3 Å². The molecule has 0 aliphatic heterocycles. The van der Waals surface area contributed by atoms with Crippen molar-refractivity contribution in [1.82, 2.24) is 9.96 Å². The van der Waals surface area contributed by atoms with Crippen molar-refractivity contribution in [2.24, 2.45) is 0 Å². The van der Waals surface area contributed by atoms with Gasteiger partial charge in [-0.2, -0.15) is 10.3 Å². The monoisotopic (exact) mass is 689 g/mol. The van der Waals surface area contributed by atoms with Crippen molar-refractivity contribution in [3.8, 4) is 17.2 Å². The van der Waals surface area contributed by atoms with Gasteiger partial charge >= 0.3 is 12.2 Å². The van der Waals surface area contributed by atoms with Gasteiger partial charge in [0.15, 0.2) is 8.32 Å². The molecule has 1 aliphatic carbocycles. The first-order chi connectivity index (χ1) is 23.0. The largest absolute Gasteiger partial charge is 0.448 e. The predicted molar refractivity (Wildman–Crippen MR) is 196 cm³/mol. The van der Waals surface area contributed by atoms with Crippen LogP contribution in [0.15, 0.2) is 73.3 Å². The molecule has 2 atom stereocenters. The Labute approximate surface area is 294 Å². The van der Waals surface area contributed by atoms with E-state index in [1.807, 2.05) is 43.3 Å². The topological polar surface area (TPSA) is 101 Å². The number of hydroxylamine groups is 2. The molecule has 0 N–H and O–H groups in total. The minimum Gasteiger partial charge on any atom is -0.448 e. The second kappa shape index (κ2) is 16.7. The van der Waals surface area contributed by atoms with Crippen LogP contribution in [0.1, 0.15) is 78.4 Å². The number of carbonyl (C=O) groups is 2. The Bertz CT molecular complexity index is 1470. The molecule has 3 rings (SSSR count). The third kappa shape index (κ3) is 10.1. The highest BCUT2D eigenvalue weighted by molar-refractivity contribution is 6.74. The molecule has 0 saturated carbocycles. The lowest BCUT2D eigenvalue weighted by atomic mass is 9.98. The SMILES string of the molecule is C=C[C@H](CN(C(=O)OCC1c2ccccc2-c2ccccc21)C(C#N)C(=C)CO[Si](C)(C)C(C)(C)C)N(OCCCC)C(=O)OC(C)(C)C. The van der Waals surface area contributed by atoms with E-state index in [4.69, 9.17) is 18.7 Å². The summed E-state index contributed by atoms with van der Waals surface area (Å²) in [7, 11) is -2.21. The van der Waals surface area contributed by atoms with Crippen LogP contribution in [0.4, 0.5) is 9.59 Å². The van der Waals surface area contributed by atoms with Gasteiger partial charge in [-0.3, -0.25) is 9.74 Å². The van der Waals surface area contributed by atoms with Crippen LogP contribution >= 0.6 is 0 Å². The highest BCUT2D eigenvalue weighted by atomic mass is 28.4.